The van der Waals surface area contributed by atoms with E-state index in [0.717, 1.165) is 4.57 Å². The topological polar surface area (TPSA) is 81.8 Å². The third-order valence-electron chi connectivity index (χ3n) is 2.78. The molecule has 0 atom stereocenters. The standard InChI is InChI=1S/C10H11N3O3/c1-5-4-13(16)9-7(6(5)2)8(14)11-10(15)12(9)3/h4H,1-3H3,(H,11,14,15). The Morgan fingerprint density at radius 3 is 2.62 bits per heavy atom. The summed E-state index contributed by atoms with van der Waals surface area (Å²) in [5.41, 5.74) is 0.386. The third-order valence-corrected chi connectivity index (χ3v) is 2.78. The highest BCUT2D eigenvalue weighted by Gasteiger charge is 2.17. The Labute approximate surface area is 90.4 Å². The van der Waals surface area contributed by atoms with Gasteiger partial charge in [-0.05, 0) is 25.0 Å². The first-order chi connectivity index (χ1) is 7.43. The Morgan fingerprint density at radius 1 is 1.38 bits per heavy atom. The van der Waals surface area contributed by atoms with Crippen molar-refractivity contribution >= 4 is 11.0 Å². The van der Waals surface area contributed by atoms with Gasteiger partial charge in [0.2, 0.25) is 0 Å². The van der Waals surface area contributed by atoms with Gasteiger partial charge in [-0.3, -0.25) is 9.78 Å². The molecule has 0 aliphatic rings. The fourth-order valence-corrected chi connectivity index (χ4v) is 1.74. The second-order valence-electron chi connectivity index (χ2n) is 3.78. The quantitative estimate of drug-likeness (QED) is 0.480. The molecule has 0 aliphatic heterocycles. The van der Waals surface area contributed by atoms with E-state index in [1.807, 2.05) is 0 Å². The number of nitrogens with zero attached hydrogens (tertiary/aromatic N) is 2. The maximum Gasteiger partial charge on any atom is 0.415 e. The Hall–Kier alpha value is -2.11. The number of hydrogen-bond acceptors (Lipinski definition) is 3. The number of fused-ring (bicyclic) bond motifs is 1. The highest BCUT2D eigenvalue weighted by Crippen LogP contribution is 2.11. The lowest BCUT2D eigenvalue weighted by molar-refractivity contribution is -0.580. The molecule has 2 aromatic rings. The van der Waals surface area contributed by atoms with Crippen LogP contribution in [-0.2, 0) is 7.05 Å². The molecule has 84 valence electrons. The Kier molecular flexibility index (Phi) is 2.08. The Bertz CT molecular complexity index is 697. The van der Waals surface area contributed by atoms with Gasteiger partial charge in [-0.1, -0.05) is 0 Å². The SMILES string of the molecule is Cc1c[n+]([O-])c2c(c1C)c(=O)[nH]c(=O)n2C. The smallest absolute Gasteiger partial charge is 0.415 e. The van der Waals surface area contributed by atoms with Crippen LogP contribution in [0, 0.1) is 19.1 Å². The number of aromatic amines is 1. The van der Waals surface area contributed by atoms with E-state index in [2.05, 4.69) is 4.98 Å². The minimum absolute atomic E-state index is 0.0804. The summed E-state index contributed by atoms with van der Waals surface area (Å²) in [6.45, 7) is 3.49. The van der Waals surface area contributed by atoms with Crippen molar-refractivity contribution in [1.82, 2.24) is 9.55 Å². The molecule has 0 spiro atoms. The molecule has 6 heteroatoms. The van der Waals surface area contributed by atoms with E-state index in [0.29, 0.717) is 15.9 Å². The highest BCUT2D eigenvalue weighted by atomic mass is 16.5. The van der Waals surface area contributed by atoms with Crippen molar-refractivity contribution in [2.75, 3.05) is 0 Å². The molecule has 0 bridgehead atoms. The number of rotatable bonds is 0. The molecule has 6 nitrogen and oxygen atoms in total. The van der Waals surface area contributed by atoms with Gasteiger partial charge in [-0.15, -0.1) is 0 Å². The summed E-state index contributed by atoms with van der Waals surface area (Å²) in [7, 11) is 1.45. The van der Waals surface area contributed by atoms with Gasteiger partial charge in [-0.2, -0.15) is 4.57 Å². The predicted molar refractivity (Wildman–Crippen MR) is 58.2 cm³/mol. The summed E-state index contributed by atoms with van der Waals surface area (Å²) in [6, 6.07) is 0. The van der Waals surface area contributed by atoms with Gasteiger partial charge < -0.3 is 5.21 Å². The first-order valence-corrected chi connectivity index (χ1v) is 4.76. The molecule has 0 saturated carbocycles. The highest BCUT2D eigenvalue weighted by molar-refractivity contribution is 5.75. The number of aryl methyl sites for hydroxylation is 3. The molecular formula is C10H11N3O3. The van der Waals surface area contributed by atoms with Crippen molar-refractivity contribution in [1.29, 1.82) is 0 Å². The van der Waals surface area contributed by atoms with Gasteiger partial charge in [0.05, 0.1) is 13.2 Å². The summed E-state index contributed by atoms with van der Waals surface area (Å²) in [5.74, 6) is 0. The van der Waals surface area contributed by atoms with E-state index < -0.39 is 11.2 Å². The van der Waals surface area contributed by atoms with Gasteiger partial charge in [-0.25, -0.2) is 9.52 Å². The lowest BCUT2D eigenvalue weighted by Crippen LogP contribution is -2.39. The van der Waals surface area contributed by atoms with E-state index in [1.54, 1.807) is 13.8 Å². The van der Waals surface area contributed by atoms with Gasteiger partial charge in [0, 0.05) is 0 Å². The van der Waals surface area contributed by atoms with Crippen LogP contribution in [0.3, 0.4) is 0 Å². The van der Waals surface area contributed by atoms with Crippen molar-refractivity contribution in [3.8, 4) is 0 Å². The minimum atomic E-state index is -0.592. The molecule has 1 N–H and O–H groups in total. The molecule has 16 heavy (non-hydrogen) atoms. The average Bonchev–Trinajstić information content (AvgIpc) is 2.20. The van der Waals surface area contributed by atoms with Crippen LogP contribution >= 0.6 is 0 Å². The van der Waals surface area contributed by atoms with Gasteiger partial charge in [0.15, 0.2) is 0 Å². The molecule has 2 rings (SSSR count). The molecule has 0 aliphatic carbocycles. The van der Waals surface area contributed by atoms with Crippen LogP contribution in [0.25, 0.3) is 11.0 Å². The minimum Gasteiger partial charge on any atom is -0.711 e. The monoisotopic (exact) mass is 221 g/mol. The number of pyridine rings is 1. The van der Waals surface area contributed by atoms with Crippen molar-refractivity contribution in [2.45, 2.75) is 13.8 Å². The predicted octanol–water partition coefficient (Wildman–Crippen LogP) is -0.523. The van der Waals surface area contributed by atoms with Crippen molar-refractivity contribution < 1.29 is 4.73 Å². The largest absolute Gasteiger partial charge is 0.711 e. The lowest BCUT2D eigenvalue weighted by Gasteiger charge is -2.10. The summed E-state index contributed by atoms with van der Waals surface area (Å²) in [4.78, 5) is 25.2. The molecule has 0 amide bonds. The van der Waals surface area contributed by atoms with E-state index >= 15 is 0 Å². The first kappa shape index (κ1) is 10.4. The second kappa shape index (κ2) is 3.19. The third kappa shape index (κ3) is 1.23. The normalized spacial score (nSPS) is 10.9. The summed E-state index contributed by atoms with van der Waals surface area (Å²) >= 11 is 0. The first-order valence-electron chi connectivity index (χ1n) is 4.76. The van der Waals surface area contributed by atoms with Crippen molar-refractivity contribution in [3.05, 3.63) is 43.4 Å². The van der Waals surface area contributed by atoms with E-state index in [-0.39, 0.29) is 11.0 Å². The zero-order valence-corrected chi connectivity index (χ0v) is 9.20. The van der Waals surface area contributed by atoms with E-state index in [4.69, 9.17) is 0 Å². The summed E-state index contributed by atoms with van der Waals surface area (Å²) in [6.07, 6.45) is 1.36. The van der Waals surface area contributed by atoms with Crippen LogP contribution in [0.4, 0.5) is 0 Å². The van der Waals surface area contributed by atoms with Crippen LogP contribution in [0.1, 0.15) is 11.1 Å². The molecule has 0 radical (unpaired) electrons. The zero-order valence-electron chi connectivity index (χ0n) is 9.20. The lowest BCUT2D eigenvalue weighted by atomic mass is 10.1. The Morgan fingerprint density at radius 2 is 2.00 bits per heavy atom. The van der Waals surface area contributed by atoms with Gasteiger partial charge in [0.25, 0.3) is 5.56 Å². The number of aromatic nitrogens is 3. The molecule has 0 aromatic carbocycles. The molecule has 0 fully saturated rings. The summed E-state index contributed by atoms with van der Waals surface area (Å²) < 4.78 is 1.68. The second-order valence-corrected chi connectivity index (χ2v) is 3.78. The fourth-order valence-electron chi connectivity index (χ4n) is 1.74. The van der Waals surface area contributed by atoms with Crippen LogP contribution in [0.2, 0.25) is 0 Å². The maximum absolute atomic E-state index is 11.7. The van der Waals surface area contributed by atoms with E-state index in [9.17, 15) is 14.8 Å². The summed E-state index contributed by atoms with van der Waals surface area (Å²) in [5, 5.41) is 11.9. The number of nitrogens with one attached hydrogen (secondary N) is 1. The number of H-pyrrole nitrogens is 1. The maximum atomic E-state index is 11.7. The Balaban J connectivity index is 3.24. The van der Waals surface area contributed by atoms with E-state index in [1.165, 1.54) is 13.2 Å². The molecular weight excluding hydrogens is 210 g/mol. The average molecular weight is 221 g/mol. The molecule has 2 aromatic heterocycles. The molecule has 2 heterocycles. The van der Waals surface area contributed by atoms with Crippen LogP contribution in [0.15, 0.2) is 15.8 Å². The van der Waals surface area contributed by atoms with Gasteiger partial charge in [0.1, 0.15) is 5.39 Å². The van der Waals surface area contributed by atoms with Gasteiger partial charge >= 0.3 is 11.3 Å². The van der Waals surface area contributed by atoms with Crippen molar-refractivity contribution in [3.63, 3.8) is 0 Å². The molecule has 0 saturated heterocycles. The van der Waals surface area contributed by atoms with Crippen LogP contribution in [-0.4, -0.2) is 9.55 Å². The molecule has 0 unspecified atom stereocenters. The zero-order chi connectivity index (χ0) is 12.0. The number of hydrogen-bond donors (Lipinski definition) is 1. The van der Waals surface area contributed by atoms with Crippen molar-refractivity contribution in [2.24, 2.45) is 7.05 Å². The van der Waals surface area contributed by atoms with Crippen LogP contribution in [0.5, 0.6) is 0 Å². The van der Waals surface area contributed by atoms with Crippen LogP contribution < -0.4 is 16.0 Å². The fraction of sp³-hybridized carbons (Fsp3) is 0.300.